The summed E-state index contributed by atoms with van der Waals surface area (Å²) in [6.07, 6.45) is 12.4. The number of carbonyl (C=O) groups excluding carboxylic acids is 1. The van der Waals surface area contributed by atoms with E-state index in [2.05, 4.69) is 40.2 Å². The number of carbonyl (C=O) groups is 1. The van der Waals surface area contributed by atoms with Gasteiger partial charge < -0.3 is 4.48 Å². The van der Waals surface area contributed by atoms with Crippen molar-refractivity contribution in [1.82, 2.24) is 0 Å². The number of rotatable bonds is 13. The standard InChI is InChI=1S/C22H38NO/c1-5-6-7-8-9-10-11-12-13-14-22(24)21-17-15-20(16-18-21)19-23(2,3)4/h15-18H,5-14,19H2,1-4H3/q+1. The molecule has 0 amide bonds. The van der Waals surface area contributed by atoms with Gasteiger partial charge in [-0.15, -0.1) is 0 Å². The van der Waals surface area contributed by atoms with Gasteiger partial charge in [-0.25, -0.2) is 0 Å². The van der Waals surface area contributed by atoms with Crippen molar-refractivity contribution in [2.75, 3.05) is 21.1 Å². The Bertz CT molecular complexity index is 456. The molecule has 0 atom stereocenters. The van der Waals surface area contributed by atoms with Gasteiger partial charge in [0.1, 0.15) is 6.54 Å². The average Bonchev–Trinajstić information content (AvgIpc) is 2.52. The zero-order valence-corrected chi connectivity index (χ0v) is 16.4. The van der Waals surface area contributed by atoms with E-state index in [4.69, 9.17) is 0 Å². The second-order valence-corrected chi connectivity index (χ2v) is 8.15. The zero-order valence-electron chi connectivity index (χ0n) is 16.4. The van der Waals surface area contributed by atoms with Gasteiger partial charge in [-0.3, -0.25) is 4.79 Å². The Morgan fingerprint density at radius 3 is 1.79 bits per heavy atom. The molecule has 2 nitrogen and oxygen atoms in total. The topological polar surface area (TPSA) is 17.1 Å². The molecule has 0 heterocycles. The van der Waals surface area contributed by atoms with E-state index in [0.717, 1.165) is 23.0 Å². The molecular weight excluding hydrogens is 294 g/mol. The normalized spacial score (nSPS) is 11.7. The molecule has 24 heavy (non-hydrogen) atoms. The van der Waals surface area contributed by atoms with Crippen molar-refractivity contribution in [2.45, 2.75) is 77.7 Å². The molecular formula is C22H38NO+. The summed E-state index contributed by atoms with van der Waals surface area (Å²) in [6, 6.07) is 8.21. The van der Waals surface area contributed by atoms with Crippen LogP contribution in [0.5, 0.6) is 0 Å². The number of quaternary nitrogens is 1. The van der Waals surface area contributed by atoms with Crippen molar-refractivity contribution in [2.24, 2.45) is 0 Å². The van der Waals surface area contributed by atoms with E-state index < -0.39 is 0 Å². The summed E-state index contributed by atoms with van der Waals surface area (Å²) in [5.74, 6) is 0.301. The predicted octanol–water partition coefficient (Wildman–Crippen LogP) is 6.00. The fraction of sp³-hybridized carbons (Fsp3) is 0.682. The summed E-state index contributed by atoms with van der Waals surface area (Å²) < 4.78 is 0.908. The van der Waals surface area contributed by atoms with Gasteiger partial charge in [0.25, 0.3) is 0 Å². The summed E-state index contributed by atoms with van der Waals surface area (Å²) in [7, 11) is 6.55. The highest BCUT2D eigenvalue weighted by Gasteiger charge is 2.10. The van der Waals surface area contributed by atoms with Gasteiger partial charge in [0.05, 0.1) is 21.1 Å². The number of ketones is 1. The van der Waals surface area contributed by atoms with Gasteiger partial charge in [-0.05, 0) is 6.42 Å². The molecule has 0 saturated heterocycles. The lowest BCUT2D eigenvalue weighted by molar-refractivity contribution is -0.884. The Hall–Kier alpha value is -1.15. The molecule has 0 unspecified atom stereocenters. The number of nitrogens with zero attached hydrogens (tertiary/aromatic N) is 1. The van der Waals surface area contributed by atoms with Gasteiger partial charge in [0.15, 0.2) is 5.78 Å². The maximum absolute atomic E-state index is 12.2. The van der Waals surface area contributed by atoms with Crippen molar-refractivity contribution in [1.29, 1.82) is 0 Å². The number of benzene rings is 1. The molecule has 0 aliphatic heterocycles. The molecule has 0 N–H and O–H groups in total. The number of hydrogen-bond acceptors (Lipinski definition) is 1. The van der Waals surface area contributed by atoms with E-state index in [1.165, 1.54) is 56.9 Å². The van der Waals surface area contributed by atoms with Crippen molar-refractivity contribution in [3.63, 3.8) is 0 Å². The van der Waals surface area contributed by atoms with Crippen LogP contribution in [0.15, 0.2) is 24.3 Å². The molecule has 136 valence electrons. The summed E-state index contributed by atoms with van der Waals surface area (Å²) >= 11 is 0. The molecule has 1 aromatic carbocycles. The SMILES string of the molecule is CCCCCCCCCCCC(=O)c1ccc(C[N+](C)(C)C)cc1. The first-order valence-electron chi connectivity index (χ1n) is 9.85. The Balaban J connectivity index is 2.17. The van der Waals surface area contributed by atoms with Crippen molar-refractivity contribution >= 4 is 5.78 Å². The highest BCUT2D eigenvalue weighted by Crippen LogP contribution is 2.14. The Morgan fingerprint density at radius 1 is 0.792 bits per heavy atom. The van der Waals surface area contributed by atoms with Crippen LogP contribution < -0.4 is 0 Å². The number of hydrogen-bond donors (Lipinski definition) is 0. The minimum atomic E-state index is 0.301. The largest absolute Gasteiger partial charge is 0.327 e. The quantitative estimate of drug-likeness (QED) is 0.246. The minimum Gasteiger partial charge on any atom is -0.327 e. The van der Waals surface area contributed by atoms with Crippen LogP contribution in [-0.2, 0) is 6.54 Å². The van der Waals surface area contributed by atoms with E-state index >= 15 is 0 Å². The Labute approximate surface area is 149 Å². The monoisotopic (exact) mass is 332 g/mol. The second kappa shape index (κ2) is 11.4. The second-order valence-electron chi connectivity index (χ2n) is 8.15. The highest BCUT2D eigenvalue weighted by atomic mass is 16.1. The zero-order chi connectivity index (χ0) is 17.8. The van der Waals surface area contributed by atoms with Gasteiger partial charge in [0.2, 0.25) is 0 Å². The first-order chi connectivity index (χ1) is 11.4. The lowest BCUT2D eigenvalue weighted by Gasteiger charge is -2.23. The molecule has 0 aromatic heterocycles. The third kappa shape index (κ3) is 9.87. The van der Waals surface area contributed by atoms with E-state index in [-0.39, 0.29) is 0 Å². The molecule has 1 aromatic rings. The van der Waals surface area contributed by atoms with Gasteiger partial charge in [-0.2, -0.15) is 0 Å². The average molecular weight is 333 g/mol. The summed E-state index contributed by atoms with van der Waals surface area (Å²) in [4.78, 5) is 12.2. The highest BCUT2D eigenvalue weighted by molar-refractivity contribution is 5.96. The molecule has 1 rings (SSSR count). The molecule has 0 aliphatic rings. The minimum absolute atomic E-state index is 0.301. The van der Waals surface area contributed by atoms with Crippen LogP contribution in [-0.4, -0.2) is 31.4 Å². The van der Waals surface area contributed by atoms with Crippen molar-refractivity contribution in [3.8, 4) is 0 Å². The van der Waals surface area contributed by atoms with Crippen LogP contribution in [0.2, 0.25) is 0 Å². The fourth-order valence-corrected chi connectivity index (χ4v) is 3.08. The van der Waals surface area contributed by atoms with E-state index in [9.17, 15) is 4.79 Å². The van der Waals surface area contributed by atoms with Gasteiger partial charge in [-0.1, -0.05) is 82.6 Å². The predicted molar refractivity (Wildman–Crippen MR) is 104 cm³/mol. The lowest BCUT2D eigenvalue weighted by atomic mass is 10.0. The van der Waals surface area contributed by atoms with Crippen molar-refractivity contribution in [3.05, 3.63) is 35.4 Å². The Morgan fingerprint density at radius 2 is 1.29 bits per heavy atom. The van der Waals surface area contributed by atoms with Crippen LogP contribution in [0.1, 0.15) is 87.1 Å². The first-order valence-corrected chi connectivity index (χ1v) is 9.85. The molecule has 0 fully saturated rings. The fourth-order valence-electron chi connectivity index (χ4n) is 3.08. The summed E-state index contributed by atoms with van der Waals surface area (Å²) in [5, 5.41) is 0. The van der Waals surface area contributed by atoms with Crippen molar-refractivity contribution < 1.29 is 9.28 Å². The van der Waals surface area contributed by atoms with Gasteiger partial charge >= 0.3 is 0 Å². The Kier molecular flexibility index (Phi) is 9.94. The molecule has 0 spiro atoms. The molecule has 2 heteroatoms. The van der Waals surface area contributed by atoms with Crippen LogP contribution in [0.25, 0.3) is 0 Å². The third-order valence-corrected chi connectivity index (χ3v) is 4.44. The molecule has 0 bridgehead atoms. The lowest BCUT2D eigenvalue weighted by Crippen LogP contribution is -2.33. The molecule has 0 saturated carbocycles. The van der Waals surface area contributed by atoms with Crippen LogP contribution in [0.4, 0.5) is 0 Å². The summed E-state index contributed by atoms with van der Waals surface area (Å²) in [6.45, 7) is 3.25. The van der Waals surface area contributed by atoms with Crippen LogP contribution >= 0.6 is 0 Å². The van der Waals surface area contributed by atoms with Crippen LogP contribution in [0, 0.1) is 0 Å². The van der Waals surface area contributed by atoms with E-state index in [1.807, 2.05) is 12.1 Å². The summed E-state index contributed by atoms with van der Waals surface area (Å²) in [5.41, 5.74) is 2.17. The van der Waals surface area contributed by atoms with Gasteiger partial charge in [0, 0.05) is 17.5 Å². The maximum Gasteiger partial charge on any atom is 0.162 e. The molecule has 0 aliphatic carbocycles. The molecule has 0 radical (unpaired) electrons. The first kappa shape index (κ1) is 20.9. The number of unbranched alkanes of at least 4 members (excludes halogenated alkanes) is 8. The van der Waals surface area contributed by atoms with Crippen LogP contribution in [0.3, 0.4) is 0 Å². The van der Waals surface area contributed by atoms with E-state index in [1.54, 1.807) is 0 Å². The maximum atomic E-state index is 12.2. The number of Topliss-reactive ketones (excluding diaryl/α,β-unsaturated/α-hetero) is 1. The van der Waals surface area contributed by atoms with E-state index in [0.29, 0.717) is 12.2 Å². The smallest absolute Gasteiger partial charge is 0.162 e. The third-order valence-electron chi connectivity index (χ3n) is 4.44.